The molecule has 0 saturated carbocycles. The van der Waals surface area contributed by atoms with Crippen LogP contribution in [0, 0.1) is 82.9 Å². The zero-order valence-electron chi connectivity index (χ0n) is 28.5. The van der Waals surface area contributed by atoms with Crippen molar-refractivity contribution in [2.45, 2.75) is 104 Å². The molecule has 0 aromatic heterocycles. The van der Waals surface area contributed by atoms with Gasteiger partial charge in [-0.3, -0.25) is 9.59 Å². The monoisotopic (exact) mass is 738 g/mol. The van der Waals surface area contributed by atoms with Crippen molar-refractivity contribution in [1.82, 2.24) is 0 Å². The van der Waals surface area contributed by atoms with Gasteiger partial charge in [0.15, 0.2) is 11.2 Å². The zero-order valence-corrected chi connectivity index (χ0v) is 34.3. The van der Waals surface area contributed by atoms with Crippen LogP contribution in [0.4, 0.5) is 0 Å². The third-order valence-electron chi connectivity index (χ3n) is 5.08. The fourth-order valence-corrected chi connectivity index (χ4v) is 3.48. The summed E-state index contributed by atoms with van der Waals surface area (Å²) in [7, 11) is -5.32. The molecule has 0 saturated heterocycles. The average molecular weight is 739 g/mol. The number of rotatable bonds is 18. The Kier molecular flexibility index (Phi) is 43.4. The van der Waals surface area contributed by atoms with Crippen LogP contribution in [-0.4, -0.2) is 36.4 Å². The van der Waals surface area contributed by atoms with Gasteiger partial charge in [-0.25, -0.2) is 4.79 Å². The van der Waals surface area contributed by atoms with E-state index in [0.717, 1.165) is 19.3 Å². The summed E-state index contributed by atoms with van der Waals surface area (Å²) in [6.45, 7) is 3.91. The van der Waals surface area contributed by atoms with E-state index >= 15 is 0 Å². The van der Waals surface area contributed by atoms with E-state index in [1.54, 1.807) is 6.92 Å². The van der Waals surface area contributed by atoms with Crippen molar-refractivity contribution in [2.24, 2.45) is 0 Å². The molecule has 272 valence electrons. The van der Waals surface area contributed by atoms with E-state index in [1.807, 2.05) is 0 Å². The second kappa shape index (κ2) is 39.4. The van der Waals surface area contributed by atoms with Gasteiger partial charge >= 0.3 is 71.1 Å². The van der Waals surface area contributed by atoms with E-state index in [9.17, 15) is 28.7 Å². The molecule has 0 aliphatic rings. The summed E-state index contributed by atoms with van der Waals surface area (Å²) in [4.78, 5) is 54.9. The quantitative estimate of drug-likeness (QED) is 0.0409. The van der Waals surface area contributed by atoms with Gasteiger partial charge in [-0.1, -0.05) is 77.1 Å². The molecule has 0 radical (unpaired) electrons. The molecule has 1 atom stereocenters. The van der Waals surface area contributed by atoms with Gasteiger partial charge in [0.1, 0.15) is 6.61 Å². The van der Waals surface area contributed by atoms with Gasteiger partial charge in [0, 0.05) is 37.8 Å². The van der Waals surface area contributed by atoms with Crippen molar-refractivity contribution >= 4 is 37.5 Å². The summed E-state index contributed by atoms with van der Waals surface area (Å²) in [6, 6.07) is 0. The summed E-state index contributed by atoms with van der Waals surface area (Å²) in [5, 5.41) is -0.139. The molecule has 0 aliphatic carbocycles. The minimum absolute atomic E-state index is 0. The van der Waals surface area contributed by atoms with Gasteiger partial charge in [-0.05, 0) is 84.4 Å². The number of phosphoric acid groups is 1. The zero-order chi connectivity index (χ0) is 34.7. The Morgan fingerprint density at radius 1 is 0.708 bits per heavy atom. The number of esters is 2. The van der Waals surface area contributed by atoms with Crippen LogP contribution in [0.5, 0.6) is 0 Å². The van der Waals surface area contributed by atoms with E-state index in [-0.39, 0.29) is 89.2 Å². The third-order valence-corrected chi connectivity index (χ3v) is 5.54. The van der Waals surface area contributed by atoms with Gasteiger partial charge in [0.2, 0.25) is 0 Å². The SMILES string of the molecule is CC#CC#CC#CC#CC#CC#CC#CC(=O)OC[C@H](COP(=O)([O-])[O-])OC(=O)CCCCCCCCCCCCC.CC(=O)S.[HH].[HH].[HH].[HH].[HH].[HH].[HH].[HH].[HH].[HH].[HH].[HH].[HH].[Na+].[Na+]. The number of carbonyl (C=O) groups excluding carboxylic acids is 3. The molecule has 0 N–H and O–H groups in total. The van der Waals surface area contributed by atoms with Crippen molar-refractivity contribution < 1.29 is 120 Å². The Morgan fingerprint density at radius 2 is 1.10 bits per heavy atom. The molecule has 0 amide bonds. The van der Waals surface area contributed by atoms with Crippen LogP contribution in [0.25, 0.3) is 0 Å². The molecule has 0 aromatic carbocycles. The Labute approximate surface area is 355 Å². The van der Waals surface area contributed by atoms with Crippen LogP contribution in [-0.2, 0) is 32.9 Å². The number of thiol groups is 1. The first kappa shape index (κ1) is 52.8. The smallest absolute Gasteiger partial charge is 0.790 e. The van der Waals surface area contributed by atoms with Crippen molar-refractivity contribution in [3.05, 3.63) is 0 Å². The van der Waals surface area contributed by atoms with Crippen LogP contribution in [0.3, 0.4) is 0 Å². The largest absolute Gasteiger partial charge is 1.00 e. The Hall–Kier alpha value is -2.01. The number of carbonyl (C=O) groups is 3. The van der Waals surface area contributed by atoms with Gasteiger partial charge in [0.25, 0.3) is 0 Å². The van der Waals surface area contributed by atoms with Crippen LogP contribution in [0.1, 0.15) is 116 Å². The van der Waals surface area contributed by atoms with Gasteiger partial charge in [-0.15, -0.1) is 12.6 Å². The summed E-state index contributed by atoms with van der Waals surface area (Å²) in [5.74, 6) is 32.0. The van der Waals surface area contributed by atoms with Gasteiger partial charge in [-0.2, -0.15) is 0 Å². The maximum Gasteiger partial charge on any atom is 1.00 e. The van der Waals surface area contributed by atoms with Crippen molar-refractivity contribution in [3.8, 4) is 82.9 Å². The molecule has 48 heavy (non-hydrogen) atoms. The van der Waals surface area contributed by atoms with Crippen LogP contribution in [0.2, 0.25) is 0 Å². The minimum atomic E-state index is -5.32. The minimum Gasteiger partial charge on any atom is -0.790 e. The molecule has 0 spiro atoms. The van der Waals surface area contributed by atoms with E-state index in [1.165, 1.54) is 51.9 Å². The number of hydrogen-bond acceptors (Lipinski definition) is 9. The maximum atomic E-state index is 12.2. The summed E-state index contributed by atoms with van der Waals surface area (Å²) in [6.07, 6.45) is 11.1. The van der Waals surface area contributed by atoms with Crippen LogP contribution >= 0.6 is 20.5 Å². The summed E-state index contributed by atoms with van der Waals surface area (Å²) < 4.78 is 25.0. The van der Waals surface area contributed by atoms with Crippen molar-refractivity contribution in [2.75, 3.05) is 13.2 Å². The molecule has 0 bridgehead atoms. The van der Waals surface area contributed by atoms with E-state index in [2.05, 4.69) is 107 Å². The second-order valence-electron chi connectivity index (χ2n) is 9.13. The molecular formula is C35H65Na2O9PS. The molecule has 13 heteroatoms. The first-order valence-corrected chi connectivity index (χ1v) is 16.6. The molecule has 0 heterocycles. The van der Waals surface area contributed by atoms with Gasteiger partial charge in [0.05, 0.1) is 14.4 Å². The third kappa shape index (κ3) is 48.4. The molecular weight excluding hydrogens is 673 g/mol. The molecule has 9 nitrogen and oxygen atoms in total. The second-order valence-corrected chi connectivity index (χ2v) is 10.9. The molecule has 0 rings (SSSR count). The summed E-state index contributed by atoms with van der Waals surface area (Å²) in [5.41, 5.74) is 0. The molecule has 0 aromatic rings. The Morgan fingerprint density at radius 3 is 1.52 bits per heavy atom. The maximum absolute atomic E-state index is 12.2. The Balaban J connectivity index is -0.0000000648. The molecule has 0 fully saturated rings. The topological polar surface area (TPSA) is 142 Å². The van der Waals surface area contributed by atoms with E-state index < -0.39 is 39.1 Å². The predicted molar refractivity (Wildman–Crippen MR) is 203 cm³/mol. The number of phosphoric ester groups is 1. The Bertz CT molecular complexity index is 1480. The van der Waals surface area contributed by atoms with Crippen molar-refractivity contribution in [3.63, 3.8) is 0 Å². The van der Waals surface area contributed by atoms with E-state index in [0.29, 0.717) is 6.42 Å². The number of hydrogen-bond donors (Lipinski definition) is 1. The fourth-order valence-electron chi connectivity index (χ4n) is 3.13. The van der Waals surface area contributed by atoms with Crippen LogP contribution < -0.4 is 68.9 Å². The van der Waals surface area contributed by atoms with Crippen molar-refractivity contribution in [1.29, 1.82) is 0 Å². The molecule has 0 unspecified atom stereocenters. The van der Waals surface area contributed by atoms with Gasteiger partial charge < -0.3 is 28.3 Å². The number of unbranched alkanes of at least 4 members (excludes halogenated alkanes) is 10. The number of ether oxygens (including phenoxy) is 2. The van der Waals surface area contributed by atoms with Crippen LogP contribution in [0.15, 0.2) is 0 Å². The van der Waals surface area contributed by atoms with E-state index in [4.69, 9.17) is 9.47 Å². The molecule has 0 aliphatic heterocycles. The predicted octanol–water partition coefficient (Wildman–Crippen LogP) is 0.700. The first-order chi connectivity index (χ1) is 22.0. The normalized spacial score (nSPS) is 9.04. The summed E-state index contributed by atoms with van der Waals surface area (Å²) >= 11 is 3.33. The standard InChI is InChI=1S/C33H37O8P.C2H4OS.2Na.13H2/c1-3-5-7-9-11-13-15-16-18-19-21-23-25-27-32(34)39-29-31(30-40-42(36,37)38)41-33(35)28-26-24-22-20-17-14-12-10-8-6-4-2;1-2(3)4;;;;;;;;;;;;;;;/h31H,4,6,8,10,12,14,17,20,22,24,26,28-30H2,1-2H3,(H2,36,37,38);1H3,(H,3,4);;;13*1H/q;;2*+1;;;;;;;;;;;;;/p-2/t31-;;;;;;;;;;;;;;;;/m1................/s1. The average Bonchev–Trinajstić information content (AvgIpc) is 2.99. The fraction of sp³-hybridized carbons (Fsp3) is 0.514. The first-order valence-electron chi connectivity index (χ1n) is 14.7.